The van der Waals surface area contributed by atoms with Gasteiger partial charge in [0.05, 0.1) is 17.5 Å². The molecule has 1 N–H and O–H groups in total. The summed E-state index contributed by atoms with van der Waals surface area (Å²) in [7, 11) is 0. The molecule has 2 aliphatic rings. The van der Waals surface area contributed by atoms with Gasteiger partial charge in [0.15, 0.2) is 0 Å². The van der Waals surface area contributed by atoms with E-state index in [-0.39, 0.29) is 12.3 Å². The van der Waals surface area contributed by atoms with Crippen LogP contribution in [0.15, 0.2) is 24.3 Å². The number of nitrogens with one attached hydrogen (secondary N) is 1. The number of nitriles is 1. The standard InChI is InChI=1S/C20H18N2O3S/c1-11-6-7-13-15(10-21)19(26-17(13)8-11)22-18(23)9-16-12-4-2-3-5-14(12)20(24)25-16/h2-5,11,16H,6-9H2,1H3,(H,22,23)/t11-,16+/m1/s1. The number of rotatable bonds is 3. The fourth-order valence-corrected chi connectivity index (χ4v) is 5.05. The summed E-state index contributed by atoms with van der Waals surface area (Å²) in [4.78, 5) is 25.6. The molecule has 0 radical (unpaired) electrons. The molecule has 0 saturated carbocycles. The van der Waals surface area contributed by atoms with Gasteiger partial charge in [-0.1, -0.05) is 25.1 Å². The molecule has 0 saturated heterocycles. The predicted octanol–water partition coefficient (Wildman–Crippen LogP) is 3.98. The Morgan fingerprint density at radius 1 is 1.42 bits per heavy atom. The van der Waals surface area contributed by atoms with Crippen LogP contribution in [0.1, 0.15) is 57.8 Å². The number of nitrogens with zero attached hydrogens (tertiary/aromatic N) is 1. The van der Waals surface area contributed by atoms with E-state index in [4.69, 9.17) is 4.74 Å². The molecule has 2 atom stereocenters. The minimum atomic E-state index is -0.571. The SMILES string of the molecule is C[C@@H]1CCc2c(sc(NC(=O)C[C@@H]3OC(=O)c4ccccc43)c2C#N)C1. The van der Waals surface area contributed by atoms with E-state index in [1.807, 2.05) is 12.1 Å². The van der Waals surface area contributed by atoms with Crippen LogP contribution in [0.4, 0.5) is 5.00 Å². The van der Waals surface area contributed by atoms with Crippen LogP contribution in [0, 0.1) is 17.2 Å². The van der Waals surface area contributed by atoms with E-state index in [1.54, 1.807) is 12.1 Å². The van der Waals surface area contributed by atoms with Crippen LogP contribution < -0.4 is 5.32 Å². The molecule has 1 aliphatic heterocycles. The normalized spacial score (nSPS) is 20.7. The number of hydrogen-bond acceptors (Lipinski definition) is 5. The Morgan fingerprint density at radius 2 is 2.23 bits per heavy atom. The number of benzene rings is 1. The molecular formula is C20H18N2O3S. The lowest BCUT2D eigenvalue weighted by Gasteiger charge is -2.17. The maximum atomic E-state index is 12.5. The summed E-state index contributed by atoms with van der Waals surface area (Å²) in [6, 6.07) is 9.37. The van der Waals surface area contributed by atoms with Crippen LogP contribution in [0.2, 0.25) is 0 Å². The topological polar surface area (TPSA) is 79.2 Å². The van der Waals surface area contributed by atoms with E-state index >= 15 is 0 Å². The van der Waals surface area contributed by atoms with Crippen molar-refractivity contribution < 1.29 is 14.3 Å². The van der Waals surface area contributed by atoms with E-state index in [0.29, 0.717) is 22.0 Å². The van der Waals surface area contributed by atoms with Crippen molar-refractivity contribution in [2.75, 3.05) is 5.32 Å². The Kier molecular flexibility index (Phi) is 4.25. The van der Waals surface area contributed by atoms with Crippen LogP contribution in [0.5, 0.6) is 0 Å². The van der Waals surface area contributed by atoms with Crippen LogP contribution in [-0.4, -0.2) is 11.9 Å². The molecule has 0 unspecified atom stereocenters. The maximum absolute atomic E-state index is 12.5. The van der Waals surface area contributed by atoms with Crippen LogP contribution in [-0.2, 0) is 22.4 Å². The minimum absolute atomic E-state index is 0.0482. The quantitative estimate of drug-likeness (QED) is 0.833. The first-order valence-electron chi connectivity index (χ1n) is 8.71. The molecule has 6 heteroatoms. The smallest absolute Gasteiger partial charge is 0.339 e. The third kappa shape index (κ3) is 2.89. The van der Waals surface area contributed by atoms with Crippen molar-refractivity contribution in [1.82, 2.24) is 0 Å². The third-order valence-electron chi connectivity index (χ3n) is 5.02. The Bertz CT molecular complexity index is 941. The number of amides is 1. The van der Waals surface area contributed by atoms with Gasteiger partial charge in [-0.3, -0.25) is 4.79 Å². The second kappa shape index (κ2) is 6.58. The number of carbonyl (C=O) groups excluding carboxylic acids is 2. The third-order valence-corrected chi connectivity index (χ3v) is 6.19. The number of anilines is 1. The molecule has 1 amide bonds. The molecule has 26 heavy (non-hydrogen) atoms. The number of esters is 1. The molecular weight excluding hydrogens is 348 g/mol. The summed E-state index contributed by atoms with van der Waals surface area (Å²) in [5, 5.41) is 13.0. The highest BCUT2D eigenvalue weighted by molar-refractivity contribution is 7.16. The molecule has 4 rings (SSSR count). The second-order valence-corrected chi connectivity index (χ2v) is 8.01. The lowest BCUT2D eigenvalue weighted by Crippen LogP contribution is -2.15. The summed E-state index contributed by atoms with van der Waals surface area (Å²) in [6.07, 6.45) is 2.39. The fraction of sp³-hybridized carbons (Fsp3) is 0.350. The van der Waals surface area contributed by atoms with Gasteiger partial charge in [-0.05, 0) is 36.8 Å². The number of fused-ring (bicyclic) bond motifs is 2. The highest BCUT2D eigenvalue weighted by atomic mass is 32.1. The van der Waals surface area contributed by atoms with Crippen molar-refractivity contribution in [3.8, 4) is 6.07 Å². The number of thiophene rings is 1. The van der Waals surface area contributed by atoms with Crippen molar-refractivity contribution in [3.05, 3.63) is 51.4 Å². The first-order valence-corrected chi connectivity index (χ1v) is 9.53. The molecule has 1 aliphatic carbocycles. The van der Waals surface area contributed by atoms with Crippen molar-refractivity contribution in [3.63, 3.8) is 0 Å². The molecule has 5 nitrogen and oxygen atoms in total. The van der Waals surface area contributed by atoms with Crippen molar-refractivity contribution >= 4 is 28.2 Å². The van der Waals surface area contributed by atoms with Crippen molar-refractivity contribution in [2.45, 2.75) is 38.7 Å². The zero-order valence-electron chi connectivity index (χ0n) is 14.4. The van der Waals surface area contributed by atoms with Gasteiger partial charge < -0.3 is 10.1 Å². The van der Waals surface area contributed by atoms with Crippen LogP contribution >= 0.6 is 11.3 Å². The summed E-state index contributed by atoms with van der Waals surface area (Å²) >= 11 is 1.50. The van der Waals surface area contributed by atoms with Gasteiger partial charge >= 0.3 is 5.97 Å². The lowest BCUT2D eigenvalue weighted by atomic mass is 9.88. The van der Waals surface area contributed by atoms with Gasteiger partial charge in [0.1, 0.15) is 17.2 Å². The summed E-state index contributed by atoms with van der Waals surface area (Å²) in [5.41, 5.74) is 2.94. The number of ether oxygens (including phenoxy) is 1. The fourth-order valence-electron chi connectivity index (χ4n) is 3.67. The zero-order chi connectivity index (χ0) is 18.3. The average molecular weight is 366 g/mol. The summed E-state index contributed by atoms with van der Waals surface area (Å²) < 4.78 is 5.33. The van der Waals surface area contributed by atoms with Gasteiger partial charge in [0, 0.05) is 10.4 Å². The first kappa shape index (κ1) is 16.8. The van der Waals surface area contributed by atoms with E-state index in [2.05, 4.69) is 18.3 Å². The minimum Gasteiger partial charge on any atom is -0.453 e. The van der Waals surface area contributed by atoms with Gasteiger partial charge in [0.25, 0.3) is 0 Å². The number of cyclic esters (lactones) is 1. The molecule has 1 aromatic carbocycles. The van der Waals surface area contributed by atoms with Gasteiger partial charge in [-0.2, -0.15) is 5.26 Å². The van der Waals surface area contributed by atoms with E-state index in [1.165, 1.54) is 16.2 Å². The van der Waals surface area contributed by atoms with Gasteiger partial charge in [-0.25, -0.2) is 4.79 Å². The Morgan fingerprint density at radius 3 is 3.04 bits per heavy atom. The monoisotopic (exact) mass is 366 g/mol. The largest absolute Gasteiger partial charge is 0.453 e. The van der Waals surface area contributed by atoms with E-state index < -0.39 is 12.1 Å². The molecule has 0 spiro atoms. The molecule has 1 aromatic heterocycles. The number of hydrogen-bond donors (Lipinski definition) is 1. The molecule has 2 aromatic rings. The van der Waals surface area contributed by atoms with Crippen LogP contribution in [0.25, 0.3) is 0 Å². The summed E-state index contributed by atoms with van der Waals surface area (Å²) in [5.74, 6) is -0.0371. The number of carbonyl (C=O) groups is 2. The molecule has 132 valence electrons. The maximum Gasteiger partial charge on any atom is 0.339 e. The highest BCUT2D eigenvalue weighted by Gasteiger charge is 2.32. The summed E-state index contributed by atoms with van der Waals surface area (Å²) in [6.45, 7) is 2.21. The predicted molar refractivity (Wildman–Crippen MR) is 98.1 cm³/mol. The van der Waals surface area contributed by atoms with Crippen molar-refractivity contribution in [2.24, 2.45) is 5.92 Å². The first-order chi connectivity index (χ1) is 12.6. The van der Waals surface area contributed by atoms with Gasteiger partial charge in [-0.15, -0.1) is 11.3 Å². The van der Waals surface area contributed by atoms with E-state index in [0.717, 1.165) is 30.4 Å². The second-order valence-electron chi connectivity index (χ2n) is 6.90. The average Bonchev–Trinajstić information content (AvgIpc) is 3.12. The van der Waals surface area contributed by atoms with E-state index in [9.17, 15) is 14.9 Å². The molecule has 0 bridgehead atoms. The Hall–Kier alpha value is -2.65. The molecule has 0 fully saturated rings. The Balaban J connectivity index is 1.52. The van der Waals surface area contributed by atoms with Gasteiger partial charge in [0.2, 0.25) is 5.91 Å². The molecule has 2 heterocycles. The lowest BCUT2D eigenvalue weighted by molar-refractivity contribution is -0.118. The zero-order valence-corrected chi connectivity index (χ0v) is 15.2. The van der Waals surface area contributed by atoms with Crippen LogP contribution in [0.3, 0.4) is 0 Å². The van der Waals surface area contributed by atoms with Crippen molar-refractivity contribution in [1.29, 1.82) is 5.26 Å². The Labute approximate surface area is 155 Å². The highest BCUT2D eigenvalue weighted by Crippen LogP contribution is 2.40.